The summed E-state index contributed by atoms with van der Waals surface area (Å²) in [4.78, 5) is 0. The van der Waals surface area contributed by atoms with Gasteiger partial charge in [-0.1, -0.05) is 0 Å². The monoisotopic (exact) mass is 279 g/mol. The fraction of sp³-hybridized carbons (Fsp3) is 0. The van der Waals surface area contributed by atoms with E-state index in [4.69, 9.17) is 5.73 Å². The molecule has 0 aromatic heterocycles. The number of nitrogen functional groups attached to an aromatic ring is 1. The molecular formula is C7H7FIN3. The van der Waals surface area contributed by atoms with Crippen LogP contribution < -0.4 is 11.2 Å². The van der Waals surface area contributed by atoms with Crippen LogP contribution in [0.5, 0.6) is 0 Å². The molecule has 0 fully saturated rings. The molecule has 0 radical (unpaired) electrons. The van der Waals surface area contributed by atoms with E-state index in [-0.39, 0.29) is 5.82 Å². The lowest BCUT2D eigenvalue weighted by Gasteiger charge is -2.04. The molecule has 5 heteroatoms. The Labute approximate surface area is 83.0 Å². The first-order valence-corrected chi connectivity index (χ1v) is 4.19. The maximum Gasteiger partial charge on any atom is 0.138 e. The number of anilines is 2. The van der Waals surface area contributed by atoms with Gasteiger partial charge in [-0.2, -0.15) is 5.10 Å². The van der Waals surface area contributed by atoms with E-state index in [1.165, 1.54) is 12.1 Å². The summed E-state index contributed by atoms with van der Waals surface area (Å²) in [5.74, 6) is -0.323. The second-order valence-corrected chi connectivity index (χ2v) is 3.29. The topological polar surface area (TPSA) is 50.4 Å². The third-order valence-electron chi connectivity index (χ3n) is 1.29. The fourth-order valence-electron chi connectivity index (χ4n) is 0.744. The number of benzene rings is 1. The van der Waals surface area contributed by atoms with E-state index in [0.29, 0.717) is 14.9 Å². The van der Waals surface area contributed by atoms with Gasteiger partial charge in [-0.05, 0) is 28.7 Å². The van der Waals surface area contributed by atoms with Crippen LogP contribution in [0, 0.1) is 9.39 Å². The van der Waals surface area contributed by atoms with Gasteiger partial charge in [-0.15, -0.1) is 0 Å². The van der Waals surface area contributed by atoms with Crippen LogP contribution in [0.1, 0.15) is 0 Å². The molecule has 12 heavy (non-hydrogen) atoms. The minimum atomic E-state index is -0.323. The van der Waals surface area contributed by atoms with Crippen molar-refractivity contribution in [3.05, 3.63) is 21.5 Å². The molecule has 1 rings (SSSR count). The summed E-state index contributed by atoms with van der Waals surface area (Å²) >= 11 is 1.87. The zero-order valence-electron chi connectivity index (χ0n) is 6.14. The van der Waals surface area contributed by atoms with Gasteiger partial charge in [0.1, 0.15) is 5.82 Å². The van der Waals surface area contributed by atoms with Crippen molar-refractivity contribution >= 4 is 40.7 Å². The van der Waals surface area contributed by atoms with E-state index in [1.54, 1.807) is 0 Å². The lowest BCUT2D eigenvalue weighted by molar-refractivity contribution is 0.621. The van der Waals surface area contributed by atoms with Crippen LogP contribution in [0.2, 0.25) is 0 Å². The van der Waals surface area contributed by atoms with Gasteiger partial charge >= 0.3 is 0 Å². The molecule has 0 aliphatic rings. The second-order valence-electron chi connectivity index (χ2n) is 2.12. The predicted molar refractivity (Wildman–Crippen MR) is 56.7 cm³/mol. The highest BCUT2D eigenvalue weighted by Gasteiger charge is 2.04. The average molecular weight is 279 g/mol. The minimum absolute atomic E-state index is 0.323. The molecule has 0 amide bonds. The summed E-state index contributed by atoms with van der Waals surface area (Å²) in [6.07, 6.45) is 0. The summed E-state index contributed by atoms with van der Waals surface area (Å²) in [5.41, 5.74) is 8.93. The Hall–Kier alpha value is -0.850. The van der Waals surface area contributed by atoms with Crippen LogP contribution in [0.3, 0.4) is 0 Å². The Morgan fingerprint density at radius 2 is 2.25 bits per heavy atom. The van der Waals surface area contributed by atoms with Gasteiger partial charge in [0.2, 0.25) is 0 Å². The summed E-state index contributed by atoms with van der Waals surface area (Å²) in [6, 6.07) is 2.81. The molecule has 3 nitrogen and oxygen atoms in total. The summed E-state index contributed by atoms with van der Waals surface area (Å²) in [5, 5.41) is 3.39. The Morgan fingerprint density at radius 1 is 1.58 bits per heavy atom. The van der Waals surface area contributed by atoms with E-state index in [1.807, 2.05) is 22.6 Å². The summed E-state index contributed by atoms with van der Waals surface area (Å²) in [6.45, 7) is 3.21. The first kappa shape index (κ1) is 9.24. The van der Waals surface area contributed by atoms with E-state index < -0.39 is 0 Å². The summed E-state index contributed by atoms with van der Waals surface area (Å²) < 4.78 is 13.4. The van der Waals surface area contributed by atoms with Crippen molar-refractivity contribution in [2.45, 2.75) is 0 Å². The van der Waals surface area contributed by atoms with Crippen molar-refractivity contribution in [2.75, 3.05) is 11.2 Å². The molecular weight excluding hydrogens is 272 g/mol. The van der Waals surface area contributed by atoms with Crippen LogP contribution >= 0.6 is 22.6 Å². The molecule has 0 aliphatic heterocycles. The van der Waals surface area contributed by atoms with Crippen molar-refractivity contribution in [1.82, 2.24) is 0 Å². The van der Waals surface area contributed by atoms with Gasteiger partial charge < -0.3 is 5.73 Å². The Bertz CT molecular complexity index is 314. The van der Waals surface area contributed by atoms with Crippen molar-refractivity contribution in [1.29, 1.82) is 0 Å². The van der Waals surface area contributed by atoms with E-state index >= 15 is 0 Å². The number of hydrogen-bond donors (Lipinski definition) is 2. The van der Waals surface area contributed by atoms with Crippen LogP contribution in [0.4, 0.5) is 15.8 Å². The normalized spacial score (nSPS) is 9.50. The van der Waals surface area contributed by atoms with Gasteiger partial charge in [0.25, 0.3) is 0 Å². The standard InChI is InChI=1S/C7H7FIN3/c1-11-12-7-2-4(8)5(9)3-6(7)10/h2-3,12H,1,10H2. The smallest absolute Gasteiger partial charge is 0.138 e. The molecule has 0 atom stereocenters. The highest BCUT2D eigenvalue weighted by Crippen LogP contribution is 2.23. The van der Waals surface area contributed by atoms with Gasteiger partial charge in [-0.3, -0.25) is 5.43 Å². The second kappa shape index (κ2) is 3.70. The molecule has 0 bridgehead atoms. The number of nitrogens with one attached hydrogen (secondary N) is 1. The quantitative estimate of drug-likeness (QED) is 0.377. The van der Waals surface area contributed by atoms with Crippen molar-refractivity contribution in [3.8, 4) is 0 Å². The molecule has 0 saturated heterocycles. The Morgan fingerprint density at radius 3 is 2.83 bits per heavy atom. The van der Waals surface area contributed by atoms with Crippen molar-refractivity contribution in [3.63, 3.8) is 0 Å². The van der Waals surface area contributed by atoms with Gasteiger partial charge in [0.15, 0.2) is 0 Å². The number of nitrogens with two attached hydrogens (primary N) is 1. The minimum Gasteiger partial charge on any atom is -0.397 e. The van der Waals surface area contributed by atoms with E-state index in [9.17, 15) is 4.39 Å². The predicted octanol–water partition coefficient (Wildman–Crippen LogP) is 2.04. The molecule has 0 heterocycles. The molecule has 0 spiro atoms. The lowest BCUT2D eigenvalue weighted by atomic mass is 10.3. The number of hydrogen-bond acceptors (Lipinski definition) is 3. The molecule has 3 N–H and O–H groups in total. The zero-order chi connectivity index (χ0) is 9.14. The van der Waals surface area contributed by atoms with E-state index in [0.717, 1.165) is 0 Å². The molecule has 0 unspecified atom stereocenters. The molecule has 64 valence electrons. The fourth-order valence-corrected chi connectivity index (χ4v) is 1.24. The highest BCUT2D eigenvalue weighted by molar-refractivity contribution is 14.1. The van der Waals surface area contributed by atoms with Gasteiger partial charge in [0.05, 0.1) is 14.9 Å². The largest absolute Gasteiger partial charge is 0.397 e. The number of rotatable bonds is 2. The molecule has 1 aromatic rings. The zero-order valence-corrected chi connectivity index (χ0v) is 8.30. The maximum absolute atomic E-state index is 12.9. The first-order chi connectivity index (χ1) is 5.65. The van der Waals surface area contributed by atoms with E-state index in [2.05, 4.69) is 17.2 Å². The van der Waals surface area contributed by atoms with Crippen LogP contribution in [0.25, 0.3) is 0 Å². The lowest BCUT2D eigenvalue weighted by Crippen LogP contribution is -1.97. The number of nitrogens with zero attached hydrogens (tertiary/aromatic N) is 1. The van der Waals surface area contributed by atoms with Crippen LogP contribution in [-0.2, 0) is 0 Å². The van der Waals surface area contributed by atoms with Gasteiger partial charge in [-0.25, -0.2) is 4.39 Å². The third kappa shape index (κ3) is 1.84. The van der Waals surface area contributed by atoms with Crippen molar-refractivity contribution < 1.29 is 4.39 Å². The SMILES string of the molecule is C=NNc1cc(F)c(I)cc1N. The van der Waals surface area contributed by atoms with Crippen LogP contribution in [0.15, 0.2) is 17.2 Å². The number of halogens is 2. The molecule has 0 aliphatic carbocycles. The van der Waals surface area contributed by atoms with Crippen molar-refractivity contribution in [2.24, 2.45) is 5.10 Å². The highest BCUT2D eigenvalue weighted by atomic mass is 127. The molecule has 1 aromatic carbocycles. The Kier molecular flexibility index (Phi) is 2.85. The average Bonchev–Trinajstić information content (AvgIpc) is 2.01. The molecule has 0 saturated carbocycles. The first-order valence-electron chi connectivity index (χ1n) is 3.11. The van der Waals surface area contributed by atoms with Crippen LogP contribution in [-0.4, -0.2) is 6.72 Å². The number of hydrazone groups is 1. The summed E-state index contributed by atoms with van der Waals surface area (Å²) in [7, 11) is 0. The third-order valence-corrected chi connectivity index (χ3v) is 2.12. The maximum atomic E-state index is 12.9. The van der Waals surface area contributed by atoms with Gasteiger partial charge in [0, 0.05) is 12.8 Å². The Balaban J connectivity index is 3.13.